The second-order valence-electron chi connectivity index (χ2n) is 4.71. The number of carbonyl (C=O) groups excluding carboxylic acids is 1. The molecule has 1 unspecified atom stereocenters. The summed E-state index contributed by atoms with van der Waals surface area (Å²) >= 11 is 0. The third-order valence-corrected chi connectivity index (χ3v) is 3.21. The molecule has 104 valence electrons. The molecule has 2 amide bonds. The molecule has 1 saturated heterocycles. The Kier molecular flexibility index (Phi) is 4.76. The number of morpholine rings is 1. The topological polar surface area (TPSA) is 61.8 Å². The van der Waals surface area contributed by atoms with Crippen molar-refractivity contribution in [3.63, 3.8) is 0 Å². The number of nitrogens with zero attached hydrogens (tertiary/aromatic N) is 1. The Bertz CT molecular complexity index is 413. The van der Waals surface area contributed by atoms with Crippen molar-refractivity contribution in [2.75, 3.05) is 32.8 Å². The number of urea groups is 1. The van der Waals surface area contributed by atoms with Crippen LogP contribution in [0.1, 0.15) is 17.2 Å². The van der Waals surface area contributed by atoms with Crippen molar-refractivity contribution in [1.29, 1.82) is 0 Å². The van der Waals surface area contributed by atoms with Gasteiger partial charge in [-0.15, -0.1) is 0 Å². The number of amides is 2. The molecular formula is C14H20N2O3. The summed E-state index contributed by atoms with van der Waals surface area (Å²) in [5, 5.41) is 12.7. The van der Waals surface area contributed by atoms with Crippen LogP contribution in [-0.4, -0.2) is 48.9 Å². The van der Waals surface area contributed by atoms with Gasteiger partial charge in [-0.05, 0) is 12.5 Å². The van der Waals surface area contributed by atoms with Crippen LogP contribution in [0.15, 0.2) is 24.3 Å². The van der Waals surface area contributed by atoms with Crippen LogP contribution >= 0.6 is 0 Å². The van der Waals surface area contributed by atoms with Gasteiger partial charge in [-0.25, -0.2) is 4.79 Å². The van der Waals surface area contributed by atoms with Crippen molar-refractivity contribution in [2.24, 2.45) is 0 Å². The largest absolute Gasteiger partial charge is 0.387 e. The van der Waals surface area contributed by atoms with Gasteiger partial charge in [-0.3, -0.25) is 0 Å². The number of benzene rings is 1. The second kappa shape index (κ2) is 6.54. The minimum atomic E-state index is -0.675. The van der Waals surface area contributed by atoms with E-state index in [0.717, 1.165) is 11.1 Å². The summed E-state index contributed by atoms with van der Waals surface area (Å²) in [5.41, 5.74) is 1.96. The van der Waals surface area contributed by atoms with E-state index in [2.05, 4.69) is 5.32 Å². The molecule has 1 aliphatic rings. The van der Waals surface area contributed by atoms with Gasteiger partial charge in [-0.2, -0.15) is 0 Å². The van der Waals surface area contributed by atoms with Crippen LogP contribution in [0, 0.1) is 6.92 Å². The predicted molar refractivity (Wildman–Crippen MR) is 71.9 cm³/mol. The summed E-state index contributed by atoms with van der Waals surface area (Å²) in [6, 6.07) is 7.50. The van der Waals surface area contributed by atoms with Gasteiger partial charge in [0.05, 0.1) is 19.3 Å². The smallest absolute Gasteiger partial charge is 0.317 e. The normalized spacial score (nSPS) is 17.1. The Balaban J connectivity index is 1.80. The fraction of sp³-hybridized carbons (Fsp3) is 0.500. The summed E-state index contributed by atoms with van der Waals surface area (Å²) < 4.78 is 5.18. The average molecular weight is 264 g/mol. The molecule has 1 fully saturated rings. The van der Waals surface area contributed by atoms with E-state index < -0.39 is 6.10 Å². The zero-order valence-corrected chi connectivity index (χ0v) is 11.1. The summed E-state index contributed by atoms with van der Waals surface area (Å²) in [5.74, 6) is 0. The molecule has 1 aromatic carbocycles. The predicted octanol–water partition coefficient (Wildman–Crippen LogP) is 1.07. The molecule has 5 heteroatoms. The Hall–Kier alpha value is -1.59. The highest BCUT2D eigenvalue weighted by Crippen LogP contribution is 2.12. The minimum Gasteiger partial charge on any atom is -0.387 e. The van der Waals surface area contributed by atoms with Crippen molar-refractivity contribution in [1.82, 2.24) is 10.2 Å². The van der Waals surface area contributed by atoms with Crippen LogP contribution in [0.5, 0.6) is 0 Å². The zero-order valence-electron chi connectivity index (χ0n) is 11.1. The van der Waals surface area contributed by atoms with Crippen molar-refractivity contribution in [2.45, 2.75) is 13.0 Å². The van der Waals surface area contributed by atoms with Crippen molar-refractivity contribution >= 4 is 6.03 Å². The monoisotopic (exact) mass is 264 g/mol. The lowest BCUT2D eigenvalue weighted by atomic mass is 10.1. The van der Waals surface area contributed by atoms with E-state index in [1.165, 1.54) is 0 Å². The number of hydrogen-bond acceptors (Lipinski definition) is 3. The molecule has 0 radical (unpaired) electrons. The lowest BCUT2D eigenvalue weighted by Crippen LogP contribution is -2.47. The molecule has 0 saturated carbocycles. The first-order valence-corrected chi connectivity index (χ1v) is 6.52. The van der Waals surface area contributed by atoms with Crippen LogP contribution < -0.4 is 5.32 Å². The maximum absolute atomic E-state index is 11.8. The van der Waals surface area contributed by atoms with Crippen molar-refractivity contribution in [3.05, 3.63) is 35.4 Å². The first-order chi connectivity index (χ1) is 9.16. The molecule has 0 bridgehead atoms. The lowest BCUT2D eigenvalue weighted by Gasteiger charge is -2.27. The van der Waals surface area contributed by atoms with Gasteiger partial charge in [0.2, 0.25) is 0 Å². The molecule has 1 aromatic rings. The molecule has 0 aromatic heterocycles. The second-order valence-corrected chi connectivity index (χ2v) is 4.71. The molecule has 0 aliphatic carbocycles. The SMILES string of the molecule is Cc1ccc(C(O)CNC(=O)N2CCOCC2)cc1. The standard InChI is InChI=1S/C14H20N2O3/c1-11-2-4-12(5-3-11)13(17)10-15-14(18)16-6-8-19-9-7-16/h2-5,13,17H,6-10H2,1H3,(H,15,18). The Morgan fingerprint density at radius 3 is 2.63 bits per heavy atom. The summed E-state index contributed by atoms with van der Waals surface area (Å²) in [6.07, 6.45) is -0.675. The zero-order chi connectivity index (χ0) is 13.7. The Morgan fingerprint density at radius 2 is 2.00 bits per heavy atom. The van der Waals surface area contributed by atoms with E-state index in [1.807, 2.05) is 31.2 Å². The third kappa shape index (κ3) is 3.94. The van der Waals surface area contributed by atoms with E-state index >= 15 is 0 Å². The lowest BCUT2D eigenvalue weighted by molar-refractivity contribution is 0.0521. The quantitative estimate of drug-likeness (QED) is 0.858. The van der Waals surface area contributed by atoms with Crippen LogP contribution in [0.3, 0.4) is 0 Å². The number of rotatable bonds is 3. The van der Waals surface area contributed by atoms with Gasteiger partial charge in [0, 0.05) is 19.6 Å². The van der Waals surface area contributed by atoms with Crippen LogP contribution in [0.2, 0.25) is 0 Å². The molecular weight excluding hydrogens is 244 g/mol. The maximum atomic E-state index is 11.8. The maximum Gasteiger partial charge on any atom is 0.317 e. The van der Waals surface area contributed by atoms with Gasteiger partial charge < -0.3 is 20.1 Å². The summed E-state index contributed by atoms with van der Waals surface area (Å²) in [6.45, 7) is 4.58. The number of aryl methyl sites for hydroxylation is 1. The van der Waals surface area contributed by atoms with E-state index in [9.17, 15) is 9.90 Å². The van der Waals surface area contributed by atoms with Gasteiger partial charge >= 0.3 is 6.03 Å². The number of aliphatic hydroxyl groups excluding tert-OH is 1. The highest BCUT2D eigenvalue weighted by molar-refractivity contribution is 5.74. The summed E-state index contributed by atoms with van der Waals surface area (Å²) in [7, 11) is 0. The van der Waals surface area contributed by atoms with Gasteiger partial charge in [-0.1, -0.05) is 29.8 Å². The molecule has 19 heavy (non-hydrogen) atoms. The first kappa shape index (κ1) is 13.8. The molecule has 0 spiro atoms. The number of nitrogens with one attached hydrogen (secondary N) is 1. The van der Waals surface area contributed by atoms with Crippen molar-refractivity contribution < 1.29 is 14.6 Å². The van der Waals surface area contributed by atoms with Gasteiger partial charge in [0.15, 0.2) is 0 Å². The van der Waals surface area contributed by atoms with Crippen LogP contribution in [0.4, 0.5) is 4.79 Å². The molecule has 1 heterocycles. The van der Waals surface area contributed by atoms with Gasteiger partial charge in [0.1, 0.15) is 0 Å². The molecule has 5 nitrogen and oxygen atoms in total. The number of aliphatic hydroxyl groups is 1. The first-order valence-electron chi connectivity index (χ1n) is 6.52. The van der Waals surface area contributed by atoms with Crippen LogP contribution in [-0.2, 0) is 4.74 Å². The molecule has 1 atom stereocenters. The van der Waals surface area contributed by atoms with E-state index in [1.54, 1.807) is 4.90 Å². The molecule has 1 aliphatic heterocycles. The third-order valence-electron chi connectivity index (χ3n) is 3.21. The fourth-order valence-electron chi connectivity index (χ4n) is 1.97. The fourth-order valence-corrected chi connectivity index (χ4v) is 1.97. The molecule has 2 N–H and O–H groups in total. The van der Waals surface area contributed by atoms with E-state index in [0.29, 0.717) is 26.3 Å². The Labute approximate surface area is 113 Å². The highest BCUT2D eigenvalue weighted by Gasteiger charge is 2.17. The molecule has 2 rings (SSSR count). The number of carbonyl (C=O) groups is 1. The highest BCUT2D eigenvalue weighted by atomic mass is 16.5. The van der Waals surface area contributed by atoms with Crippen molar-refractivity contribution in [3.8, 4) is 0 Å². The van der Waals surface area contributed by atoms with Gasteiger partial charge in [0.25, 0.3) is 0 Å². The van der Waals surface area contributed by atoms with E-state index in [-0.39, 0.29) is 12.6 Å². The van der Waals surface area contributed by atoms with Crippen LogP contribution in [0.25, 0.3) is 0 Å². The van der Waals surface area contributed by atoms with E-state index in [4.69, 9.17) is 4.74 Å². The average Bonchev–Trinajstić information content (AvgIpc) is 2.46. The Morgan fingerprint density at radius 1 is 1.37 bits per heavy atom. The number of hydrogen-bond donors (Lipinski definition) is 2. The minimum absolute atomic E-state index is 0.144. The summed E-state index contributed by atoms with van der Waals surface area (Å²) in [4.78, 5) is 13.5. The number of ether oxygens (including phenoxy) is 1.